The van der Waals surface area contributed by atoms with Crippen molar-refractivity contribution in [1.82, 2.24) is 19.9 Å². The summed E-state index contributed by atoms with van der Waals surface area (Å²) in [6, 6.07) is 26.9. The van der Waals surface area contributed by atoms with Gasteiger partial charge >= 0.3 is 0 Å². The molecule has 8 bridgehead atoms. The van der Waals surface area contributed by atoms with E-state index in [1.54, 1.807) is 0 Å². The molecule has 0 saturated heterocycles. The minimum atomic E-state index is 0.821. The third kappa shape index (κ3) is 6.85. The normalized spacial score (nSPS) is 12.8. The van der Waals surface area contributed by atoms with Crippen LogP contribution in [0.5, 0.6) is 0 Å². The predicted octanol–water partition coefficient (Wildman–Crippen LogP) is 8.81. The molecule has 0 radical (unpaired) electrons. The average molecular weight is 791 g/mol. The average Bonchev–Trinajstić information content (AvgIpc) is 3.98. The number of nitrogens with one attached hydrogen (secondary N) is 2. The Labute approximate surface area is 352 Å². The molecule has 0 spiro atoms. The fourth-order valence-electron chi connectivity index (χ4n) is 9.11. The van der Waals surface area contributed by atoms with Crippen molar-refractivity contribution >= 4 is 44.4 Å². The first-order valence-corrected chi connectivity index (χ1v) is 21.3. The van der Waals surface area contributed by atoms with Gasteiger partial charge in [-0.15, -0.1) is 0 Å². The van der Waals surface area contributed by atoms with Crippen molar-refractivity contribution in [2.45, 2.75) is 53.4 Å². The molecule has 2 aliphatic rings. The Morgan fingerprint density at radius 1 is 0.383 bits per heavy atom. The van der Waals surface area contributed by atoms with E-state index in [2.05, 4.69) is 206 Å². The summed E-state index contributed by atoms with van der Waals surface area (Å²) in [4.78, 5) is 19.0. The van der Waals surface area contributed by atoms with Crippen LogP contribution < -0.4 is 18.3 Å². The smallest absolute Gasteiger partial charge is 0.169 e. The van der Waals surface area contributed by atoms with Gasteiger partial charge in [-0.2, -0.15) is 0 Å². The summed E-state index contributed by atoms with van der Waals surface area (Å²) in [7, 11) is 8.26. The molecular weight excluding hydrogens is 737 g/mol. The van der Waals surface area contributed by atoms with Crippen LogP contribution in [-0.2, 0) is 41.0 Å². The van der Waals surface area contributed by atoms with E-state index in [9.17, 15) is 0 Å². The van der Waals surface area contributed by atoms with Crippen molar-refractivity contribution in [3.05, 3.63) is 167 Å². The number of H-pyrrole nitrogens is 2. The molecule has 0 aromatic carbocycles. The summed E-state index contributed by atoms with van der Waals surface area (Å²) < 4.78 is 8.35. The number of rotatable bonds is 8. The summed E-state index contributed by atoms with van der Waals surface area (Å²) in [5, 5.41) is 0. The first-order chi connectivity index (χ1) is 29.2. The Morgan fingerprint density at radius 2 is 0.717 bits per heavy atom. The number of aryl methyl sites for hydroxylation is 6. The Balaban J connectivity index is 1.49. The maximum Gasteiger partial charge on any atom is 0.169 e. The van der Waals surface area contributed by atoms with Gasteiger partial charge in [0, 0.05) is 92.9 Å². The fourth-order valence-corrected chi connectivity index (χ4v) is 9.11. The lowest BCUT2D eigenvalue weighted by Gasteiger charge is -2.08. The molecule has 0 amide bonds. The van der Waals surface area contributed by atoms with Gasteiger partial charge in [0.25, 0.3) is 0 Å². The van der Waals surface area contributed by atoms with Crippen LogP contribution >= 0.6 is 0 Å². The van der Waals surface area contributed by atoms with Gasteiger partial charge in [-0.25, -0.2) is 28.2 Å². The zero-order valence-electron chi connectivity index (χ0n) is 36.1. The van der Waals surface area contributed by atoms with E-state index in [0.717, 1.165) is 92.8 Å². The van der Waals surface area contributed by atoms with Crippen molar-refractivity contribution < 1.29 is 18.3 Å². The summed E-state index contributed by atoms with van der Waals surface area (Å²) in [5.41, 5.74) is 22.4. The second-order valence-corrected chi connectivity index (χ2v) is 16.1. The molecule has 2 N–H and O–H groups in total. The van der Waals surface area contributed by atoms with E-state index >= 15 is 0 Å². The Bertz CT molecular complexity index is 3020. The third-order valence-electron chi connectivity index (χ3n) is 12.2. The Hall–Kier alpha value is -6.80. The number of aromatic amines is 2. The predicted molar refractivity (Wildman–Crippen MR) is 241 cm³/mol. The van der Waals surface area contributed by atoms with Crippen molar-refractivity contribution in [2.24, 2.45) is 28.2 Å². The van der Waals surface area contributed by atoms with Crippen molar-refractivity contribution in [3.63, 3.8) is 0 Å². The van der Waals surface area contributed by atoms with Gasteiger partial charge in [-0.3, -0.25) is 0 Å². The van der Waals surface area contributed by atoms with E-state index in [1.807, 2.05) is 0 Å². The van der Waals surface area contributed by atoms with Gasteiger partial charge in [-0.05, 0) is 94.5 Å². The maximum atomic E-state index is 5.56. The second-order valence-electron chi connectivity index (χ2n) is 16.1. The highest BCUT2D eigenvalue weighted by Crippen LogP contribution is 2.43. The zero-order chi connectivity index (χ0) is 41.7. The van der Waals surface area contributed by atoms with Crippen LogP contribution in [0, 0.1) is 0 Å². The number of pyridine rings is 4. The summed E-state index contributed by atoms with van der Waals surface area (Å²) in [6.45, 7) is 9.00. The lowest BCUT2D eigenvalue weighted by Crippen LogP contribution is -2.25. The van der Waals surface area contributed by atoms with Crippen molar-refractivity contribution in [3.8, 4) is 22.3 Å². The number of hydrogen-bond donors (Lipinski definition) is 2. The highest BCUT2D eigenvalue weighted by Gasteiger charge is 2.26. The largest absolute Gasteiger partial charge is 0.355 e. The van der Waals surface area contributed by atoms with Crippen molar-refractivity contribution in [1.29, 1.82) is 0 Å². The van der Waals surface area contributed by atoms with Gasteiger partial charge in [0.05, 0.1) is 22.8 Å². The highest BCUT2D eigenvalue weighted by molar-refractivity contribution is 6.04. The van der Waals surface area contributed by atoms with Crippen LogP contribution in [0.15, 0.2) is 122 Å². The Kier molecular flexibility index (Phi) is 10.2. The van der Waals surface area contributed by atoms with Gasteiger partial charge < -0.3 is 9.97 Å². The van der Waals surface area contributed by atoms with E-state index in [-0.39, 0.29) is 0 Å². The molecule has 0 aliphatic carbocycles. The lowest BCUT2D eigenvalue weighted by atomic mass is 9.94. The monoisotopic (exact) mass is 790 g/mol. The molecule has 9 rings (SSSR count). The molecule has 0 saturated carbocycles. The van der Waals surface area contributed by atoms with E-state index < -0.39 is 0 Å². The van der Waals surface area contributed by atoms with Gasteiger partial charge in [0.1, 0.15) is 28.2 Å². The van der Waals surface area contributed by atoms with Crippen LogP contribution in [-0.4, -0.2) is 19.9 Å². The summed E-state index contributed by atoms with van der Waals surface area (Å²) in [5.74, 6) is 0. The summed E-state index contributed by atoms with van der Waals surface area (Å²) in [6.07, 6.45) is 20.4. The topological polar surface area (TPSA) is 72.9 Å². The second kappa shape index (κ2) is 15.8. The Morgan fingerprint density at radius 3 is 1.08 bits per heavy atom. The van der Waals surface area contributed by atoms with Crippen LogP contribution in [0.3, 0.4) is 0 Å². The number of hydrogen-bond acceptors (Lipinski definition) is 2. The molecule has 9 heterocycles. The van der Waals surface area contributed by atoms with Crippen LogP contribution in [0.2, 0.25) is 0 Å². The molecule has 8 nitrogen and oxygen atoms in total. The molecule has 0 atom stereocenters. The minimum Gasteiger partial charge on any atom is -0.355 e. The highest BCUT2D eigenvalue weighted by atomic mass is 14.9. The number of aromatic nitrogens is 8. The third-order valence-corrected chi connectivity index (χ3v) is 12.2. The lowest BCUT2D eigenvalue weighted by molar-refractivity contribution is -0.671. The SMILES string of the molecule is CCC1=C(c2cc[n+](C)cc2)c2cc3nc(cc4[nH]c(cc5[nH]c(cc1n2)c(CC)c5-c1cc[n+](C)cc1)c(-c1cc[n+](C)cc1)c4CC)C(c1cc[n+](C)cc1)=C3CC. The quantitative estimate of drug-likeness (QED) is 0.151. The van der Waals surface area contributed by atoms with Crippen LogP contribution in [0.25, 0.3) is 66.6 Å². The van der Waals surface area contributed by atoms with Gasteiger partial charge in [-0.1, -0.05) is 27.7 Å². The van der Waals surface area contributed by atoms with Crippen LogP contribution in [0.1, 0.15) is 85.6 Å². The van der Waals surface area contributed by atoms with E-state index in [0.29, 0.717) is 0 Å². The van der Waals surface area contributed by atoms with Crippen LogP contribution in [0.4, 0.5) is 0 Å². The van der Waals surface area contributed by atoms with E-state index in [1.165, 1.54) is 44.5 Å². The molecule has 7 aromatic rings. The first-order valence-electron chi connectivity index (χ1n) is 21.3. The maximum absolute atomic E-state index is 5.56. The van der Waals surface area contributed by atoms with Crippen molar-refractivity contribution in [2.75, 3.05) is 0 Å². The molecule has 0 unspecified atom stereocenters. The standard InChI is InChI=1S/C52H53N8/c1-9-37-41-29-42-38(10-2)51(35-17-25-59(7)26-18-35)47(54-42)32-48-52(36-19-27-60(8)28-20-36)40(12-4)44(56-48)31-46-50(34-15-23-58(6)24-16-34)39(11-3)43(55-46)30-45(53-41)49(37)33-13-21-57(5)22-14-33/h13-32H,9-12H2,1-8H3,(H,53,54,55,56)/q+3/p+1. The number of allylic oxidation sites excluding steroid dienone is 2. The number of nitrogens with zero attached hydrogens (tertiary/aromatic N) is 6. The molecule has 298 valence electrons. The minimum absolute atomic E-state index is 0.821. The summed E-state index contributed by atoms with van der Waals surface area (Å²) >= 11 is 0. The van der Waals surface area contributed by atoms with E-state index in [4.69, 9.17) is 9.97 Å². The molecule has 60 heavy (non-hydrogen) atoms. The first kappa shape index (κ1) is 38.7. The molecule has 0 fully saturated rings. The zero-order valence-corrected chi connectivity index (χ0v) is 36.1. The number of fused-ring (bicyclic) bond motifs is 8. The molecular formula is C52H54N8+4. The fraction of sp³-hybridized carbons (Fsp3) is 0.231. The molecule has 8 heteroatoms. The molecule has 2 aliphatic heterocycles. The van der Waals surface area contributed by atoms with Gasteiger partial charge in [0.15, 0.2) is 49.6 Å². The molecule has 7 aromatic heterocycles. The van der Waals surface area contributed by atoms with Gasteiger partial charge in [0.2, 0.25) is 0 Å².